The molecule has 0 spiro atoms. The fourth-order valence-electron chi connectivity index (χ4n) is 2.68. The summed E-state index contributed by atoms with van der Waals surface area (Å²) in [7, 11) is 0. The van der Waals surface area contributed by atoms with Crippen LogP contribution in [0.4, 0.5) is 4.79 Å². The van der Waals surface area contributed by atoms with E-state index in [1.807, 2.05) is 51.1 Å². The van der Waals surface area contributed by atoms with Crippen molar-refractivity contribution in [2.45, 2.75) is 51.7 Å². The van der Waals surface area contributed by atoms with Crippen molar-refractivity contribution in [2.24, 2.45) is 0 Å². The van der Waals surface area contributed by atoms with Crippen LogP contribution in [0.25, 0.3) is 0 Å². The van der Waals surface area contributed by atoms with Gasteiger partial charge in [-0.15, -0.1) is 0 Å². The molecule has 5 nitrogen and oxygen atoms in total. The first-order chi connectivity index (χ1) is 10.8. The van der Waals surface area contributed by atoms with Gasteiger partial charge in [-0.05, 0) is 39.2 Å². The quantitative estimate of drug-likeness (QED) is 0.928. The van der Waals surface area contributed by atoms with Crippen molar-refractivity contribution in [1.29, 1.82) is 0 Å². The Morgan fingerprint density at radius 1 is 1.26 bits per heavy atom. The molecule has 1 atom stereocenters. The lowest BCUT2D eigenvalue weighted by Crippen LogP contribution is -2.45. The zero-order chi connectivity index (χ0) is 16.9. The van der Waals surface area contributed by atoms with Gasteiger partial charge in [0.2, 0.25) is 5.91 Å². The second-order valence-corrected chi connectivity index (χ2v) is 6.94. The molecule has 1 heterocycles. The molecule has 0 aromatic heterocycles. The largest absolute Gasteiger partial charge is 0.444 e. The number of carbonyl (C=O) groups is 2. The van der Waals surface area contributed by atoms with Crippen LogP contribution >= 0.6 is 0 Å². The molecule has 5 heteroatoms. The maximum absolute atomic E-state index is 12.2. The van der Waals surface area contributed by atoms with Gasteiger partial charge in [-0.1, -0.05) is 30.3 Å². The van der Waals surface area contributed by atoms with Gasteiger partial charge in [0.15, 0.2) is 0 Å². The summed E-state index contributed by atoms with van der Waals surface area (Å²) < 4.78 is 5.43. The van der Waals surface area contributed by atoms with Crippen LogP contribution in [0.2, 0.25) is 0 Å². The zero-order valence-corrected chi connectivity index (χ0v) is 14.2. The van der Waals surface area contributed by atoms with Crippen LogP contribution in [-0.2, 0) is 16.0 Å². The fourth-order valence-corrected chi connectivity index (χ4v) is 2.68. The summed E-state index contributed by atoms with van der Waals surface area (Å²) in [4.78, 5) is 26.0. The molecule has 2 amide bonds. The van der Waals surface area contributed by atoms with E-state index in [1.54, 1.807) is 4.90 Å². The minimum atomic E-state index is -0.499. The van der Waals surface area contributed by atoms with E-state index in [0.29, 0.717) is 19.5 Å². The third kappa shape index (κ3) is 5.58. The summed E-state index contributed by atoms with van der Waals surface area (Å²) in [6.07, 6.45) is 1.90. The highest BCUT2D eigenvalue weighted by molar-refractivity contribution is 5.78. The van der Waals surface area contributed by atoms with Gasteiger partial charge in [0.1, 0.15) is 5.60 Å². The molecule has 1 N–H and O–H groups in total. The highest BCUT2D eigenvalue weighted by Gasteiger charge is 2.32. The number of ether oxygens (including phenoxy) is 1. The Labute approximate surface area is 138 Å². The number of likely N-dealkylation sites (tertiary alicyclic amines) is 1. The molecule has 0 unspecified atom stereocenters. The highest BCUT2D eigenvalue weighted by atomic mass is 16.6. The lowest BCUT2D eigenvalue weighted by atomic mass is 10.1. The Kier molecular flexibility index (Phi) is 5.64. The predicted molar refractivity (Wildman–Crippen MR) is 89.1 cm³/mol. The van der Waals surface area contributed by atoms with Crippen molar-refractivity contribution in [1.82, 2.24) is 10.2 Å². The normalized spacial score (nSPS) is 17.9. The molecule has 126 valence electrons. The first-order valence-electron chi connectivity index (χ1n) is 8.15. The van der Waals surface area contributed by atoms with Gasteiger partial charge in [0.05, 0.1) is 12.5 Å². The summed E-state index contributed by atoms with van der Waals surface area (Å²) in [5.41, 5.74) is 0.487. The molecule has 0 aliphatic carbocycles. The van der Waals surface area contributed by atoms with Crippen molar-refractivity contribution in [3.8, 4) is 0 Å². The number of amides is 2. The van der Waals surface area contributed by atoms with Crippen molar-refractivity contribution in [3.05, 3.63) is 35.9 Å². The number of nitrogens with one attached hydrogen (secondary N) is 1. The monoisotopic (exact) mass is 318 g/mol. The Morgan fingerprint density at radius 2 is 1.96 bits per heavy atom. The van der Waals surface area contributed by atoms with E-state index in [0.717, 1.165) is 18.4 Å². The molecule has 23 heavy (non-hydrogen) atoms. The van der Waals surface area contributed by atoms with E-state index in [-0.39, 0.29) is 18.0 Å². The first kappa shape index (κ1) is 17.3. The minimum Gasteiger partial charge on any atom is -0.444 e. The minimum absolute atomic E-state index is 0.0181. The maximum atomic E-state index is 12.2. The standard InChI is InChI=1S/C18H26N2O3/c1-18(2,3)23-17(22)20-11-7-10-15(20)13-19-16(21)12-14-8-5-4-6-9-14/h4-6,8-9,15H,7,10-13H2,1-3H3,(H,19,21)/t15-/m1/s1. The van der Waals surface area contributed by atoms with Crippen LogP contribution in [0.5, 0.6) is 0 Å². The second kappa shape index (κ2) is 7.49. The van der Waals surface area contributed by atoms with E-state index >= 15 is 0 Å². The van der Waals surface area contributed by atoms with Gasteiger partial charge in [0.25, 0.3) is 0 Å². The summed E-state index contributed by atoms with van der Waals surface area (Å²) >= 11 is 0. The molecule has 0 saturated carbocycles. The Balaban J connectivity index is 1.82. The fraction of sp³-hybridized carbons (Fsp3) is 0.556. The van der Waals surface area contributed by atoms with Gasteiger partial charge in [-0.25, -0.2) is 4.79 Å². The average molecular weight is 318 g/mol. The molecule has 1 aromatic rings. The molecule has 1 aliphatic rings. The molecule has 1 aromatic carbocycles. The molecule has 2 rings (SSSR count). The molecule has 1 aliphatic heterocycles. The van der Waals surface area contributed by atoms with Gasteiger partial charge in [0, 0.05) is 13.1 Å². The second-order valence-electron chi connectivity index (χ2n) is 6.94. The van der Waals surface area contributed by atoms with Gasteiger partial charge in [-0.2, -0.15) is 0 Å². The van der Waals surface area contributed by atoms with Gasteiger partial charge in [-0.3, -0.25) is 4.79 Å². The Morgan fingerprint density at radius 3 is 2.61 bits per heavy atom. The lowest BCUT2D eigenvalue weighted by molar-refractivity contribution is -0.120. The first-order valence-corrected chi connectivity index (χ1v) is 8.15. The number of rotatable bonds is 4. The number of benzene rings is 1. The van der Waals surface area contributed by atoms with E-state index in [2.05, 4.69) is 5.32 Å². The van der Waals surface area contributed by atoms with Crippen molar-refractivity contribution < 1.29 is 14.3 Å². The predicted octanol–water partition coefficient (Wildman–Crippen LogP) is 2.74. The summed E-state index contributed by atoms with van der Waals surface area (Å²) in [5, 5.41) is 2.93. The molecular weight excluding hydrogens is 292 g/mol. The molecule has 0 bridgehead atoms. The van der Waals surface area contributed by atoms with Crippen LogP contribution in [0.1, 0.15) is 39.2 Å². The number of hydrogen-bond acceptors (Lipinski definition) is 3. The van der Waals surface area contributed by atoms with E-state index in [4.69, 9.17) is 4.74 Å². The number of hydrogen-bond donors (Lipinski definition) is 1. The smallest absolute Gasteiger partial charge is 0.410 e. The third-order valence-corrected chi connectivity index (χ3v) is 3.75. The van der Waals surface area contributed by atoms with E-state index < -0.39 is 5.60 Å². The molecule has 1 saturated heterocycles. The van der Waals surface area contributed by atoms with Crippen molar-refractivity contribution in [3.63, 3.8) is 0 Å². The van der Waals surface area contributed by atoms with Crippen LogP contribution in [0.15, 0.2) is 30.3 Å². The molecular formula is C18H26N2O3. The van der Waals surface area contributed by atoms with Crippen LogP contribution in [0.3, 0.4) is 0 Å². The third-order valence-electron chi connectivity index (χ3n) is 3.75. The summed E-state index contributed by atoms with van der Waals surface area (Å²) in [5.74, 6) is -0.0211. The van der Waals surface area contributed by atoms with Crippen LogP contribution < -0.4 is 5.32 Å². The summed E-state index contributed by atoms with van der Waals surface area (Å²) in [6, 6.07) is 9.65. The number of carbonyl (C=O) groups excluding carboxylic acids is 2. The highest BCUT2D eigenvalue weighted by Crippen LogP contribution is 2.20. The molecule has 0 radical (unpaired) electrons. The van der Waals surface area contributed by atoms with Crippen LogP contribution in [0, 0.1) is 0 Å². The maximum Gasteiger partial charge on any atom is 0.410 e. The zero-order valence-electron chi connectivity index (χ0n) is 14.2. The summed E-state index contributed by atoms with van der Waals surface area (Å²) in [6.45, 7) is 6.74. The van der Waals surface area contributed by atoms with Crippen molar-refractivity contribution in [2.75, 3.05) is 13.1 Å². The topological polar surface area (TPSA) is 58.6 Å². The van der Waals surface area contributed by atoms with E-state index in [1.165, 1.54) is 0 Å². The number of nitrogens with zero attached hydrogens (tertiary/aromatic N) is 1. The van der Waals surface area contributed by atoms with Crippen molar-refractivity contribution >= 4 is 12.0 Å². The SMILES string of the molecule is CC(C)(C)OC(=O)N1CCC[C@@H]1CNC(=O)Cc1ccccc1. The van der Waals surface area contributed by atoms with E-state index in [9.17, 15) is 9.59 Å². The Bertz CT molecular complexity index is 537. The molecule has 1 fully saturated rings. The average Bonchev–Trinajstić information content (AvgIpc) is 2.93. The van der Waals surface area contributed by atoms with Gasteiger partial charge < -0.3 is 15.0 Å². The van der Waals surface area contributed by atoms with Gasteiger partial charge >= 0.3 is 6.09 Å². The Hall–Kier alpha value is -2.04. The lowest BCUT2D eigenvalue weighted by Gasteiger charge is -2.28. The van der Waals surface area contributed by atoms with Crippen LogP contribution in [-0.4, -0.2) is 41.6 Å².